The van der Waals surface area contributed by atoms with Gasteiger partial charge in [-0.3, -0.25) is 0 Å². The van der Waals surface area contributed by atoms with Gasteiger partial charge in [-0.25, -0.2) is 0 Å². The normalized spacial score (nSPS) is 29.4. The van der Waals surface area contributed by atoms with Crippen LogP contribution in [0.3, 0.4) is 0 Å². The molecule has 0 aromatic carbocycles. The molecule has 0 aliphatic carbocycles. The summed E-state index contributed by atoms with van der Waals surface area (Å²) < 4.78 is 5.68. The van der Waals surface area contributed by atoms with Crippen molar-refractivity contribution in [1.29, 1.82) is 0 Å². The lowest BCUT2D eigenvalue weighted by Gasteiger charge is -2.23. The van der Waals surface area contributed by atoms with Crippen molar-refractivity contribution in [3.05, 3.63) is 0 Å². The van der Waals surface area contributed by atoms with Gasteiger partial charge in [0.05, 0.1) is 5.60 Å². The summed E-state index contributed by atoms with van der Waals surface area (Å²) in [6.07, 6.45) is 4.66. The molecule has 1 saturated heterocycles. The second-order valence-corrected chi connectivity index (χ2v) is 4.70. The van der Waals surface area contributed by atoms with Gasteiger partial charge in [0, 0.05) is 19.2 Å². The highest BCUT2D eigenvalue weighted by Crippen LogP contribution is 2.23. The molecule has 2 unspecified atom stereocenters. The van der Waals surface area contributed by atoms with E-state index in [9.17, 15) is 0 Å². The third kappa shape index (κ3) is 4.40. The van der Waals surface area contributed by atoms with Crippen LogP contribution in [0.2, 0.25) is 0 Å². The molecule has 2 atom stereocenters. The molecule has 3 N–H and O–H groups in total. The third-order valence-electron chi connectivity index (χ3n) is 2.81. The maximum Gasteiger partial charge on any atom is 0.0779 e. The van der Waals surface area contributed by atoms with E-state index in [-0.39, 0.29) is 5.60 Å². The van der Waals surface area contributed by atoms with Gasteiger partial charge in [-0.1, -0.05) is 0 Å². The van der Waals surface area contributed by atoms with Gasteiger partial charge in [-0.2, -0.15) is 0 Å². The van der Waals surface area contributed by atoms with E-state index in [2.05, 4.69) is 19.2 Å². The van der Waals surface area contributed by atoms with Gasteiger partial charge in [0.15, 0.2) is 0 Å². The molecule has 1 fully saturated rings. The minimum atomic E-state index is 0.0916. The Labute approximate surface area is 87.4 Å². The van der Waals surface area contributed by atoms with E-state index < -0.39 is 0 Å². The fourth-order valence-electron chi connectivity index (χ4n) is 1.88. The van der Waals surface area contributed by atoms with Crippen molar-refractivity contribution < 1.29 is 4.74 Å². The largest absolute Gasteiger partial charge is 0.374 e. The second kappa shape index (κ2) is 5.69. The molecular formula is C11H24N2O. The van der Waals surface area contributed by atoms with Gasteiger partial charge < -0.3 is 15.8 Å². The number of nitrogens with one attached hydrogen (secondary N) is 1. The highest BCUT2D eigenvalue weighted by Gasteiger charge is 2.28. The van der Waals surface area contributed by atoms with E-state index in [1.807, 2.05) is 0 Å². The summed E-state index contributed by atoms with van der Waals surface area (Å²) >= 11 is 0. The SMILES string of the molecule is CC(N)CCCNCC1(C)CCCO1. The van der Waals surface area contributed by atoms with Gasteiger partial charge in [0.2, 0.25) is 0 Å². The van der Waals surface area contributed by atoms with Crippen LogP contribution >= 0.6 is 0 Å². The second-order valence-electron chi connectivity index (χ2n) is 4.70. The molecule has 0 amide bonds. The lowest BCUT2D eigenvalue weighted by Crippen LogP contribution is -2.37. The van der Waals surface area contributed by atoms with E-state index in [0.29, 0.717) is 6.04 Å². The Morgan fingerprint density at radius 1 is 1.57 bits per heavy atom. The molecule has 1 rings (SSSR count). The molecule has 0 aromatic rings. The molecule has 3 nitrogen and oxygen atoms in total. The molecule has 1 heterocycles. The molecule has 0 radical (unpaired) electrons. The Hall–Kier alpha value is -0.120. The van der Waals surface area contributed by atoms with Crippen LogP contribution in [0, 0.1) is 0 Å². The molecule has 1 aliphatic heterocycles. The number of ether oxygens (including phenoxy) is 1. The average Bonchev–Trinajstić information content (AvgIpc) is 2.51. The predicted molar refractivity (Wildman–Crippen MR) is 59.3 cm³/mol. The maximum absolute atomic E-state index is 5.68. The minimum absolute atomic E-state index is 0.0916. The van der Waals surface area contributed by atoms with E-state index in [0.717, 1.165) is 32.5 Å². The van der Waals surface area contributed by atoms with Crippen LogP contribution in [-0.2, 0) is 4.74 Å². The molecule has 1 aliphatic rings. The molecule has 0 spiro atoms. The fraction of sp³-hybridized carbons (Fsp3) is 1.00. The summed E-state index contributed by atoms with van der Waals surface area (Å²) in [6.45, 7) is 7.21. The number of hydrogen-bond donors (Lipinski definition) is 2. The molecular weight excluding hydrogens is 176 g/mol. The smallest absolute Gasteiger partial charge is 0.0779 e. The van der Waals surface area contributed by atoms with E-state index in [1.165, 1.54) is 12.8 Å². The van der Waals surface area contributed by atoms with Crippen molar-refractivity contribution in [2.24, 2.45) is 5.73 Å². The lowest BCUT2D eigenvalue weighted by molar-refractivity contribution is 0.0210. The van der Waals surface area contributed by atoms with E-state index in [4.69, 9.17) is 10.5 Å². The summed E-state index contributed by atoms with van der Waals surface area (Å²) in [5, 5.41) is 3.44. The van der Waals surface area contributed by atoms with Crippen molar-refractivity contribution in [2.45, 2.75) is 51.2 Å². The van der Waals surface area contributed by atoms with Crippen LogP contribution in [-0.4, -0.2) is 31.3 Å². The molecule has 3 heteroatoms. The van der Waals surface area contributed by atoms with Gasteiger partial charge in [0.25, 0.3) is 0 Å². The Bertz CT molecular complexity index is 153. The Morgan fingerprint density at radius 2 is 2.36 bits per heavy atom. The Balaban J connectivity index is 1.98. The number of rotatable bonds is 6. The lowest BCUT2D eigenvalue weighted by atomic mass is 10.0. The van der Waals surface area contributed by atoms with Gasteiger partial charge in [-0.05, 0) is 46.1 Å². The Kier molecular flexibility index (Phi) is 4.85. The zero-order valence-corrected chi connectivity index (χ0v) is 9.51. The van der Waals surface area contributed by atoms with Crippen LogP contribution in [0.1, 0.15) is 39.5 Å². The Morgan fingerprint density at radius 3 is 2.93 bits per heavy atom. The van der Waals surface area contributed by atoms with Gasteiger partial charge in [-0.15, -0.1) is 0 Å². The summed E-state index contributed by atoms with van der Waals surface area (Å²) in [7, 11) is 0. The first kappa shape index (κ1) is 12.0. The van der Waals surface area contributed by atoms with Crippen LogP contribution in [0.4, 0.5) is 0 Å². The first-order valence-electron chi connectivity index (χ1n) is 5.73. The van der Waals surface area contributed by atoms with E-state index in [1.54, 1.807) is 0 Å². The summed E-state index contributed by atoms with van der Waals surface area (Å²) in [6, 6.07) is 0.329. The zero-order valence-electron chi connectivity index (χ0n) is 9.51. The quantitative estimate of drug-likeness (QED) is 0.635. The minimum Gasteiger partial charge on any atom is -0.374 e. The third-order valence-corrected chi connectivity index (χ3v) is 2.81. The standard InChI is InChI=1S/C11H24N2O/c1-10(12)5-3-7-13-9-11(2)6-4-8-14-11/h10,13H,3-9,12H2,1-2H3. The highest BCUT2D eigenvalue weighted by molar-refractivity contribution is 4.82. The first-order chi connectivity index (χ1) is 6.62. The van der Waals surface area contributed by atoms with Crippen molar-refractivity contribution >= 4 is 0 Å². The van der Waals surface area contributed by atoms with Crippen molar-refractivity contribution in [3.8, 4) is 0 Å². The summed E-state index contributed by atoms with van der Waals surface area (Å²) in [5.41, 5.74) is 5.76. The van der Waals surface area contributed by atoms with Crippen LogP contribution in [0.5, 0.6) is 0 Å². The maximum atomic E-state index is 5.68. The topological polar surface area (TPSA) is 47.3 Å². The van der Waals surface area contributed by atoms with Gasteiger partial charge >= 0.3 is 0 Å². The van der Waals surface area contributed by atoms with Crippen molar-refractivity contribution in [3.63, 3.8) is 0 Å². The molecule has 14 heavy (non-hydrogen) atoms. The predicted octanol–water partition coefficient (Wildman–Crippen LogP) is 1.27. The fourth-order valence-corrected chi connectivity index (χ4v) is 1.88. The average molecular weight is 200 g/mol. The number of nitrogens with two attached hydrogens (primary N) is 1. The van der Waals surface area contributed by atoms with Crippen LogP contribution < -0.4 is 11.1 Å². The monoisotopic (exact) mass is 200 g/mol. The van der Waals surface area contributed by atoms with Crippen molar-refractivity contribution in [1.82, 2.24) is 5.32 Å². The van der Waals surface area contributed by atoms with Crippen LogP contribution in [0.15, 0.2) is 0 Å². The van der Waals surface area contributed by atoms with E-state index >= 15 is 0 Å². The summed E-state index contributed by atoms with van der Waals surface area (Å²) in [5.74, 6) is 0. The highest BCUT2D eigenvalue weighted by atomic mass is 16.5. The van der Waals surface area contributed by atoms with Gasteiger partial charge in [0.1, 0.15) is 0 Å². The zero-order chi connectivity index (χ0) is 10.4. The molecule has 84 valence electrons. The molecule has 0 bridgehead atoms. The summed E-state index contributed by atoms with van der Waals surface area (Å²) in [4.78, 5) is 0. The molecule has 0 saturated carbocycles. The number of hydrogen-bond acceptors (Lipinski definition) is 3. The van der Waals surface area contributed by atoms with Crippen molar-refractivity contribution in [2.75, 3.05) is 19.7 Å². The molecule has 0 aromatic heterocycles. The van der Waals surface area contributed by atoms with Crippen LogP contribution in [0.25, 0.3) is 0 Å². The first-order valence-corrected chi connectivity index (χ1v) is 5.73.